The third-order valence-corrected chi connectivity index (χ3v) is 4.67. The van der Waals surface area contributed by atoms with Gasteiger partial charge < -0.3 is 20.3 Å². The first-order valence-electron chi connectivity index (χ1n) is 9.11. The molecule has 0 atom stereocenters. The molecule has 146 valence electrons. The van der Waals surface area contributed by atoms with Crippen molar-refractivity contribution in [3.8, 4) is 5.75 Å². The lowest BCUT2D eigenvalue weighted by atomic mass is 10.0. The van der Waals surface area contributed by atoms with Crippen molar-refractivity contribution in [3.63, 3.8) is 0 Å². The molecular formula is C21H23N3O4. The summed E-state index contributed by atoms with van der Waals surface area (Å²) in [7, 11) is 1.55. The molecule has 1 aliphatic rings. The van der Waals surface area contributed by atoms with Crippen molar-refractivity contribution in [2.45, 2.75) is 26.3 Å². The summed E-state index contributed by atoms with van der Waals surface area (Å²) < 4.78 is 5.23. The fourth-order valence-electron chi connectivity index (χ4n) is 3.29. The molecule has 0 aromatic heterocycles. The summed E-state index contributed by atoms with van der Waals surface area (Å²) >= 11 is 0. The minimum Gasteiger partial charge on any atom is -0.496 e. The van der Waals surface area contributed by atoms with E-state index in [1.54, 1.807) is 30.2 Å². The van der Waals surface area contributed by atoms with Gasteiger partial charge in [-0.3, -0.25) is 14.4 Å². The second-order valence-electron chi connectivity index (χ2n) is 6.57. The van der Waals surface area contributed by atoms with Crippen LogP contribution in [-0.2, 0) is 27.3 Å². The van der Waals surface area contributed by atoms with Crippen LogP contribution in [0.4, 0.5) is 11.4 Å². The molecule has 1 aliphatic heterocycles. The highest BCUT2D eigenvalue weighted by Crippen LogP contribution is 2.29. The maximum atomic E-state index is 12.2. The quantitative estimate of drug-likeness (QED) is 0.795. The number of hydrogen-bond acceptors (Lipinski definition) is 4. The maximum Gasteiger partial charge on any atom is 0.313 e. The van der Waals surface area contributed by atoms with Crippen LogP contribution >= 0.6 is 0 Å². The number of hydrogen-bond donors (Lipinski definition) is 2. The molecule has 0 radical (unpaired) electrons. The van der Waals surface area contributed by atoms with E-state index in [9.17, 15) is 14.4 Å². The Labute approximate surface area is 163 Å². The van der Waals surface area contributed by atoms with Crippen molar-refractivity contribution < 1.29 is 19.1 Å². The number of anilines is 2. The summed E-state index contributed by atoms with van der Waals surface area (Å²) in [4.78, 5) is 37.8. The summed E-state index contributed by atoms with van der Waals surface area (Å²) in [6.07, 6.45) is 1.69. The fourth-order valence-corrected chi connectivity index (χ4v) is 3.29. The number of ether oxygens (including phenoxy) is 1. The normalized spacial score (nSPS) is 12.7. The van der Waals surface area contributed by atoms with Crippen LogP contribution in [0.2, 0.25) is 0 Å². The lowest BCUT2D eigenvalue weighted by Gasteiger charge is -2.28. The Morgan fingerprint density at radius 3 is 2.64 bits per heavy atom. The molecule has 0 saturated heterocycles. The second-order valence-corrected chi connectivity index (χ2v) is 6.57. The molecule has 3 rings (SSSR count). The summed E-state index contributed by atoms with van der Waals surface area (Å²) in [5, 5.41) is 5.21. The minimum absolute atomic E-state index is 0.00606. The van der Waals surface area contributed by atoms with Gasteiger partial charge in [0.2, 0.25) is 5.91 Å². The van der Waals surface area contributed by atoms with Gasteiger partial charge in [-0.05, 0) is 42.7 Å². The molecule has 1 heterocycles. The smallest absolute Gasteiger partial charge is 0.313 e. The highest BCUT2D eigenvalue weighted by molar-refractivity contribution is 6.39. The Kier molecular flexibility index (Phi) is 5.93. The first-order valence-corrected chi connectivity index (χ1v) is 9.11. The third-order valence-electron chi connectivity index (χ3n) is 4.67. The van der Waals surface area contributed by atoms with Gasteiger partial charge in [0, 0.05) is 37.0 Å². The molecule has 0 saturated carbocycles. The highest BCUT2D eigenvalue weighted by atomic mass is 16.5. The van der Waals surface area contributed by atoms with E-state index in [2.05, 4.69) is 10.6 Å². The minimum atomic E-state index is -0.742. The van der Waals surface area contributed by atoms with Crippen molar-refractivity contribution in [2.75, 3.05) is 23.9 Å². The number of fused-ring (bicyclic) bond motifs is 1. The number of nitrogens with zero attached hydrogens (tertiary/aromatic N) is 1. The van der Waals surface area contributed by atoms with Gasteiger partial charge in [-0.2, -0.15) is 0 Å². The van der Waals surface area contributed by atoms with Crippen molar-refractivity contribution in [1.29, 1.82) is 0 Å². The van der Waals surface area contributed by atoms with E-state index in [0.717, 1.165) is 29.7 Å². The largest absolute Gasteiger partial charge is 0.496 e. The SMILES string of the molecule is COc1ccccc1CNC(=O)C(=O)Nc1ccc2c(c1)CCCN2C(C)=O. The standard InChI is InChI=1S/C21H23N3O4/c1-14(25)24-11-5-7-15-12-17(9-10-18(15)24)23-21(27)20(26)22-13-16-6-3-4-8-19(16)28-2/h3-4,6,8-10,12H,5,7,11,13H2,1-2H3,(H,22,26)(H,23,27). The zero-order valence-corrected chi connectivity index (χ0v) is 16.0. The third kappa shape index (κ3) is 4.31. The summed E-state index contributed by atoms with van der Waals surface area (Å²) in [5.41, 5.74) is 3.15. The number of nitrogens with one attached hydrogen (secondary N) is 2. The molecule has 3 amide bonds. The van der Waals surface area contributed by atoms with Crippen LogP contribution < -0.4 is 20.3 Å². The number of carbonyl (C=O) groups is 3. The maximum absolute atomic E-state index is 12.2. The highest BCUT2D eigenvalue weighted by Gasteiger charge is 2.21. The number of rotatable bonds is 4. The molecule has 0 bridgehead atoms. The van der Waals surface area contributed by atoms with Crippen molar-refractivity contribution in [2.24, 2.45) is 0 Å². The predicted octanol–water partition coefficient (Wildman–Crippen LogP) is 2.25. The zero-order chi connectivity index (χ0) is 20.1. The van der Waals surface area contributed by atoms with Crippen molar-refractivity contribution in [3.05, 3.63) is 53.6 Å². The molecule has 2 aromatic rings. The first-order chi connectivity index (χ1) is 13.5. The van der Waals surface area contributed by atoms with Crippen molar-refractivity contribution in [1.82, 2.24) is 5.32 Å². The lowest BCUT2D eigenvalue weighted by Crippen LogP contribution is -2.35. The molecule has 0 aliphatic carbocycles. The van der Waals surface area contributed by atoms with Gasteiger partial charge in [-0.15, -0.1) is 0 Å². The topological polar surface area (TPSA) is 87.7 Å². The number of aryl methyl sites for hydroxylation is 1. The fraction of sp³-hybridized carbons (Fsp3) is 0.286. The number of amides is 3. The predicted molar refractivity (Wildman–Crippen MR) is 106 cm³/mol. The van der Waals surface area contributed by atoms with Crippen LogP contribution in [0.25, 0.3) is 0 Å². The van der Waals surface area contributed by atoms with E-state index < -0.39 is 11.8 Å². The number of methoxy groups -OCH3 is 1. The van der Waals surface area contributed by atoms with E-state index >= 15 is 0 Å². The molecule has 0 unspecified atom stereocenters. The number of benzene rings is 2. The number of para-hydroxylation sites is 1. The van der Waals surface area contributed by atoms with Gasteiger partial charge in [0.05, 0.1) is 7.11 Å². The van der Waals surface area contributed by atoms with E-state index in [4.69, 9.17) is 4.74 Å². The molecule has 0 fully saturated rings. The van der Waals surface area contributed by atoms with Gasteiger partial charge in [0.25, 0.3) is 0 Å². The van der Waals surface area contributed by atoms with Crippen LogP contribution in [-0.4, -0.2) is 31.4 Å². The van der Waals surface area contributed by atoms with E-state index in [-0.39, 0.29) is 12.5 Å². The first kappa shape index (κ1) is 19.4. The molecule has 0 spiro atoms. The Morgan fingerprint density at radius 1 is 1.11 bits per heavy atom. The van der Waals surface area contributed by atoms with E-state index in [1.807, 2.05) is 24.3 Å². The van der Waals surface area contributed by atoms with Crippen LogP contribution in [0.15, 0.2) is 42.5 Å². The molecule has 28 heavy (non-hydrogen) atoms. The molecule has 2 aromatic carbocycles. The molecular weight excluding hydrogens is 358 g/mol. The van der Waals surface area contributed by atoms with Crippen LogP contribution in [0, 0.1) is 0 Å². The lowest BCUT2D eigenvalue weighted by molar-refractivity contribution is -0.136. The van der Waals surface area contributed by atoms with Gasteiger partial charge in [0.1, 0.15) is 5.75 Å². The summed E-state index contributed by atoms with van der Waals surface area (Å²) in [5.74, 6) is -0.829. The Hall–Kier alpha value is -3.35. The molecule has 2 N–H and O–H groups in total. The molecule has 7 nitrogen and oxygen atoms in total. The second kappa shape index (κ2) is 8.56. The average Bonchev–Trinajstić information content (AvgIpc) is 2.71. The van der Waals surface area contributed by atoms with Gasteiger partial charge >= 0.3 is 11.8 Å². The van der Waals surface area contributed by atoms with Gasteiger partial charge in [-0.1, -0.05) is 18.2 Å². The van der Waals surface area contributed by atoms with Crippen LogP contribution in [0.5, 0.6) is 5.75 Å². The van der Waals surface area contributed by atoms with Crippen molar-refractivity contribution >= 4 is 29.1 Å². The number of carbonyl (C=O) groups excluding carboxylic acids is 3. The monoisotopic (exact) mass is 381 g/mol. The van der Waals surface area contributed by atoms with Crippen LogP contribution in [0.3, 0.4) is 0 Å². The van der Waals surface area contributed by atoms with Gasteiger partial charge in [-0.25, -0.2) is 0 Å². The Morgan fingerprint density at radius 2 is 1.89 bits per heavy atom. The molecule has 7 heteroatoms. The Bertz CT molecular complexity index is 910. The van der Waals surface area contributed by atoms with E-state index in [1.165, 1.54) is 6.92 Å². The Balaban J connectivity index is 1.63. The average molecular weight is 381 g/mol. The zero-order valence-electron chi connectivity index (χ0n) is 16.0. The van der Waals surface area contributed by atoms with E-state index in [0.29, 0.717) is 18.0 Å². The summed E-state index contributed by atoms with van der Waals surface area (Å²) in [6, 6.07) is 12.6. The van der Waals surface area contributed by atoms with Gasteiger partial charge in [0.15, 0.2) is 0 Å². The summed E-state index contributed by atoms with van der Waals surface area (Å²) in [6.45, 7) is 2.42. The van der Waals surface area contributed by atoms with Crippen LogP contribution in [0.1, 0.15) is 24.5 Å².